The monoisotopic (exact) mass is 287 g/mol. The van der Waals surface area contributed by atoms with Crippen molar-refractivity contribution in [3.05, 3.63) is 29.6 Å². The van der Waals surface area contributed by atoms with E-state index in [4.69, 9.17) is 0 Å². The second-order valence-corrected chi connectivity index (χ2v) is 7.83. The van der Waals surface area contributed by atoms with Gasteiger partial charge in [-0.05, 0) is 50.4 Å². The standard InChI is InChI=1S/C18H29N3/c1-17(2,3)16-7-6-15(12-20-16)13-21-11-5-9-18(21)8-4-10-19-14-18/h6-7,12,19H,4-5,8-11,13-14H2,1-3H3. The molecule has 1 atom stereocenters. The largest absolute Gasteiger partial charge is 0.315 e. The summed E-state index contributed by atoms with van der Waals surface area (Å²) < 4.78 is 0. The lowest BCUT2D eigenvalue weighted by Gasteiger charge is -2.42. The van der Waals surface area contributed by atoms with Crippen molar-refractivity contribution in [2.24, 2.45) is 0 Å². The summed E-state index contributed by atoms with van der Waals surface area (Å²) in [6.45, 7) is 11.3. The van der Waals surface area contributed by atoms with Crippen LogP contribution in [0.15, 0.2) is 18.3 Å². The van der Waals surface area contributed by atoms with Gasteiger partial charge in [-0.2, -0.15) is 0 Å². The molecule has 0 saturated carbocycles. The van der Waals surface area contributed by atoms with Crippen molar-refractivity contribution in [2.45, 2.75) is 64.0 Å². The van der Waals surface area contributed by atoms with Crippen LogP contribution in [0.25, 0.3) is 0 Å². The molecule has 2 aliphatic heterocycles. The predicted octanol–water partition coefficient (Wildman–Crippen LogP) is 3.10. The number of nitrogens with zero attached hydrogens (tertiary/aromatic N) is 2. The zero-order valence-electron chi connectivity index (χ0n) is 13.8. The average Bonchev–Trinajstić information content (AvgIpc) is 2.82. The Morgan fingerprint density at radius 3 is 2.67 bits per heavy atom. The molecule has 0 aliphatic carbocycles. The molecule has 116 valence electrons. The lowest BCUT2D eigenvalue weighted by Crippen LogP contribution is -2.53. The van der Waals surface area contributed by atoms with Gasteiger partial charge in [0.05, 0.1) is 0 Å². The highest BCUT2D eigenvalue weighted by Gasteiger charge is 2.41. The molecule has 1 aromatic rings. The van der Waals surface area contributed by atoms with E-state index in [1.54, 1.807) is 0 Å². The van der Waals surface area contributed by atoms with Crippen LogP contribution in [0.5, 0.6) is 0 Å². The topological polar surface area (TPSA) is 28.2 Å². The van der Waals surface area contributed by atoms with Gasteiger partial charge >= 0.3 is 0 Å². The smallest absolute Gasteiger partial charge is 0.0457 e. The van der Waals surface area contributed by atoms with Gasteiger partial charge in [-0.3, -0.25) is 9.88 Å². The molecule has 1 unspecified atom stereocenters. The molecule has 1 spiro atoms. The molecule has 3 rings (SSSR count). The highest BCUT2D eigenvalue weighted by atomic mass is 15.2. The SMILES string of the molecule is CC(C)(C)c1ccc(CN2CCCC23CCCNC3)cn1. The van der Waals surface area contributed by atoms with Crippen molar-refractivity contribution in [1.82, 2.24) is 15.2 Å². The molecule has 1 aromatic heterocycles. The van der Waals surface area contributed by atoms with E-state index in [0.29, 0.717) is 5.54 Å². The first-order valence-electron chi connectivity index (χ1n) is 8.41. The Bertz CT molecular complexity index is 466. The molecule has 1 N–H and O–H groups in total. The Morgan fingerprint density at radius 1 is 1.24 bits per heavy atom. The molecular weight excluding hydrogens is 258 g/mol. The lowest BCUT2D eigenvalue weighted by atomic mass is 9.87. The van der Waals surface area contributed by atoms with Gasteiger partial charge in [0.2, 0.25) is 0 Å². The number of piperidine rings is 1. The van der Waals surface area contributed by atoms with E-state index in [0.717, 1.165) is 6.54 Å². The minimum atomic E-state index is 0.140. The lowest BCUT2D eigenvalue weighted by molar-refractivity contribution is 0.0981. The van der Waals surface area contributed by atoms with Crippen molar-refractivity contribution in [2.75, 3.05) is 19.6 Å². The fourth-order valence-electron chi connectivity index (χ4n) is 3.86. The molecule has 2 fully saturated rings. The van der Waals surface area contributed by atoms with Gasteiger partial charge in [0.1, 0.15) is 0 Å². The van der Waals surface area contributed by atoms with Crippen molar-refractivity contribution in [3.63, 3.8) is 0 Å². The average molecular weight is 287 g/mol. The summed E-state index contributed by atoms with van der Waals surface area (Å²) >= 11 is 0. The quantitative estimate of drug-likeness (QED) is 0.906. The maximum absolute atomic E-state index is 4.68. The normalized spacial score (nSPS) is 27.4. The first-order valence-corrected chi connectivity index (χ1v) is 8.41. The third-order valence-corrected chi connectivity index (χ3v) is 5.16. The van der Waals surface area contributed by atoms with Crippen LogP contribution in [-0.2, 0) is 12.0 Å². The highest BCUT2D eigenvalue weighted by Crippen LogP contribution is 2.35. The molecule has 0 radical (unpaired) electrons. The minimum Gasteiger partial charge on any atom is -0.315 e. The maximum atomic E-state index is 4.68. The maximum Gasteiger partial charge on any atom is 0.0457 e. The first-order chi connectivity index (χ1) is 10.00. The molecular formula is C18H29N3. The second-order valence-electron chi connectivity index (χ2n) is 7.83. The Balaban J connectivity index is 1.71. The van der Waals surface area contributed by atoms with Crippen LogP contribution in [0.4, 0.5) is 0 Å². The van der Waals surface area contributed by atoms with E-state index in [1.807, 2.05) is 0 Å². The van der Waals surface area contributed by atoms with Gasteiger partial charge in [0.25, 0.3) is 0 Å². The molecule has 2 saturated heterocycles. The molecule has 3 nitrogen and oxygen atoms in total. The summed E-state index contributed by atoms with van der Waals surface area (Å²) in [6, 6.07) is 4.48. The van der Waals surface area contributed by atoms with Crippen molar-refractivity contribution >= 4 is 0 Å². The van der Waals surface area contributed by atoms with Crippen LogP contribution in [0.1, 0.15) is 57.7 Å². The Morgan fingerprint density at radius 2 is 2.05 bits per heavy atom. The molecule has 21 heavy (non-hydrogen) atoms. The molecule has 3 heteroatoms. The van der Waals surface area contributed by atoms with Gasteiger partial charge in [0, 0.05) is 35.9 Å². The van der Waals surface area contributed by atoms with E-state index in [-0.39, 0.29) is 5.41 Å². The number of pyridine rings is 1. The number of nitrogens with one attached hydrogen (secondary N) is 1. The molecule has 0 bridgehead atoms. The first kappa shape index (κ1) is 15.0. The molecule has 0 aromatic carbocycles. The second kappa shape index (κ2) is 5.69. The number of hydrogen-bond acceptors (Lipinski definition) is 3. The molecule has 3 heterocycles. The third-order valence-electron chi connectivity index (χ3n) is 5.16. The van der Waals surface area contributed by atoms with Crippen molar-refractivity contribution < 1.29 is 0 Å². The van der Waals surface area contributed by atoms with E-state index in [9.17, 15) is 0 Å². The van der Waals surface area contributed by atoms with Crippen LogP contribution in [0.3, 0.4) is 0 Å². The summed E-state index contributed by atoms with van der Waals surface area (Å²) in [5.74, 6) is 0. The van der Waals surface area contributed by atoms with Crippen LogP contribution in [0.2, 0.25) is 0 Å². The summed E-state index contributed by atoms with van der Waals surface area (Å²) in [4.78, 5) is 7.38. The summed E-state index contributed by atoms with van der Waals surface area (Å²) in [5, 5.41) is 3.60. The van der Waals surface area contributed by atoms with Crippen molar-refractivity contribution in [1.29, 1.82) is 0 Å². The molecule has 0 amide bonds. The van der Waals surface area contributed by atoms with Gasteiger partial charge in [0.15, 0.2) is 0 Å². The van der Waals surface area contributed by atoms with Crippen LogP contribution in [-0.4, -0.2) is 35.1 Å². The fraction of sp³-hybridized carbons (Fsp3) is 0.722. The number of hydrogen-bond donors (Lipinski definition) is 1. The Hall–Kier alpha value is -0.930. The zero-order chi connectivity index (χ0) is 14.9. The number of likely N-dealkylation sites (tertiary alicyclic amines) is 1. The third kappa shape index (κ3) is 3.14. The van der Waals surface area contributed by atoms with Gasteiger partial charge < -0.3 is 5.32 Å². The van der Waals surface area contributed by atoms with Crippen molar-refractivity contribution in [3.8, 4) is 0 Å². The van der Waals surface area contributed by atoms with Crippen LogP contribution < -0.4 is 5.32 Å². The van der Waals surface area contributed by atoms with E-state index < -0.39 is 0 Å². The van der Waals surface area contributed by atoms with Gasteiger partial charge in [-0.1, -0.05) is 26.8 Å². The Labute approximate surface area is 129 Å². The fourth-order valence-corrected chi connectivity index (χ4v) is 3.86. The zero-order valence-corrected chi connectivity index (χ0v) is 13.8. The van der Waals surface area contributed by atoms with E-state index >= 15 is 0 Å². The molecule has 2 aliphatic rings. The predicted molar refractivity (Wildman–Crippen MR) is 87.4 cm³/mol. The summed E-state index contributed by atoms with van der Waals surface area (Å²) in [5.41, 5.74) is 3.10. The Kier molecular flexibility index (Phi) is 4.06. The summed E-state index contributed by atoms with van der Waals surface area (Å²) in [7, 11) is 0. The minimum absolute atomic E-state index is 0.140. The van der Waals surface area contributed by atoms with Crippen LogP contribution in [0, 0.1) is 0 Å². The highest BCUT2D eigenvalue weighted by molar-refractivity contribution is 5.19. The summed E-state index contributed by atoms with van der Waals surface area (Å²) in [6.07, 6.45) is 7.46. The number of rotatable bonds is 2. The van der Waals surface area contributed by atoms with Gasteiger partial charge in [-0.25, -0.2) is 0 Å². The van der Waals surface area contributed by atoms with E-state index in [2.05, 4.69) is 54.3 Å². The van der Waals surface area contributed by atoms with Crippen LogP contribution >= 0.6 is 0 Å². The van der Waals surface area contributed by atoms with Gasteiger partial charge in [-0.15, -0.1) is 0 Å². The van der Waals surface area contributed by atoms with E-state index in [1.165, 1.54) is 56.6 Å². The number of aromatic nitrogens is 1.